The number of aromatic nitrogens is 2. The number of thioether (sulfide) groups is 1. The fourth-order valence-electron chi connectivity index (χ4n) is 0.926. The molecule has 0 aliphatic rings. The largest absolute Gasteiger partial charge is 0.405 e. The number of hydrogen-bond donors (Lipinski definition) is 2. The first-order valence-electron chi connectivity index (χ1n) is 4.36. The summed E-state index contributed by atoms with van der Waals surface area (Å²) in [6, 6.07) is 1.42. The number of nitrogens with zero attached hydrogens (tertiary/aromatic N) is 2. The molecule has 1 aromatic rings. The lowest BCUT2D eigenvalue weighted by Gasteiger charge is -2.10. The molecular weight excluding hydrogens is 241 g/mol. The molecule has 0 amide bonds. The number of anilines is 2. The van der Waals surface area contributed by atoms with Crippen LogP contribution in [0.1, 0.15) is 0 Å². The van der Waals surface area contributed by atoms with E-state index < -0.39 is 12.7 Å². The molecule has 8 heteroatoms. The Balaban J connectivity index is 2.79. The Morgan fingerprint density at radius 3 is 2.44 bits per heavy atom. The fourth-order valence-corrected chi connectivity index (χ4v) is 1.31. The monoisotopic (exact) mass is 252 g/mol. The molecule has 4 nitrogen and oxygen atoms in total. The summed E-state index contributed by atoms with van der Waals surface area (Å²) < 4.78 is 35.9. The summed E-state index contributed by atoms with van der Waals surface area (Å²) >= 11 is 1.26. The van der Waals surface area contributed by atoms with Crippen LogP contribution < -0.4 is 10.6 Å². The Bertz CT molecular complexity index is 333. The zero-order valence-corrected chi connectivity index (χ0v) is 9.54. The lowest BCUT2D eigenvalue weighted by atomic mass is 10.5. The second-order valence-corrected chi connectivity index (χ2v) is 3.62. The van der Waals surface area contributed by atoms with E-state index in [1.54, 1.807) is 13.3 Å². The summed E-state index contributed by atoms with van der Waals surface area (Å²) in [5, 5.41) is 5.37. The van der Waals surface area contributed by atoms with Crippen molar-refractivity contribution < 1.29 is 13.2 Å². The second kappa shape index (κ2) is 5.24. The molecule has 0 aliphatic carbocycles. The number of nitrogens with one attached hydrogen (secondary N) is 2. The molecular formula is C8H11F3N4S. The molecule has 16 heavy (non-hydrogen) atoms. The van der Waals surface area contributed by atoms with Crippen molar-refractivity contribution in [2.24, 2.45) is 0 Å². The second-order valence-electron chi connectivity index (χ2n) is 2.84. The summed E-state index contributed by atoms with van der Waals surface area (Å²) in [6.45, 7) is -1.11. The molecule has 0 fully saturated rings. The standard InChI is InChI=1S/C8H11F3N4S/c1-12-5-3-6(13-4-8(9,10)11)15-7(14-5)16-2/h3H,4H2,1-2H3,(H2,12,13,14,15). The van der Waals surface area contributed by atoms with Crippen LogP contribution in [-0.2, 0) is 0 Å². The van der Waals surface area contributed by atoms with Gasteiger partial charge < -0.3 is 10.6 Å². The smallest absolute Gasteiger partial charge is 0.373 e. The summed E-state index contributed by atoms with van der Waals surface area (Å²) in [5.74, 6) is 0.630. The predicted octanol–water partition coefficient (Wildman–Crippen LogP) is 2.21. The van der Waals surface area contributed by atoms with Crippen molar-refractivity contribution >= 4 is 23.4 Å². The van der Waals surface area contributed by atoms with Crippen molar-refractivity contribution in [1.82, 2.24) is 9.97 Å². The molecule has 1 heterocycles. The van der Waals surface area contributed by atoms with Gasteiger partial charge in [-0.1, -0.05) is 11.8 Å². The predicted molar refractivity (Wildman–Crippen MR) is 57.9 cm³/mol. The van der Waals surface area contributed by atoms with Gasteiger partial charge >= 0.3 is 6.18 Å². The highest BCUT2D eigenvalue weighted by Crippen LogP contribution is 2.19. The van der Waals surface area contributed by atoms with E-state index in [0.29, 0.717) is 11.0 Å². The average molecular weight is 252 g/mol. The molecule has 1 aromatic heterocycles. The Hall–Kier alpha value is -1.18. The van der Waals surface area contributed by atoms with E-state index in [1.807, 2.05) is 0 Å². The van der Waals surface area contributed by atoms with Crippen molar-refractivity contribution in [2.75, 3.05) is 30.5 Å². The highest BCUT2D eigenvalue weighted by atomic mass is 32.2. The maximum absolute atomic E-state index is 12.0. The van der Waals surface area contributed by atoms with Gasteiger partial charge in [0.05, 0.1) is 0 Å². The third-order valence-corrected chi connectivity index (χ3v) is 2.16. The van der Waals surface area contributed by atoms with Gasteiger partial charge in [-0.2, -0.15) is 13.2 Å². The van der Waals surface area contributed by atoms with Gasteiger partial charge in [0.1, 0.15) is 18.2 Å². The number of alkyl halides is 3. The minimum absolute atomic E-state index is 0.154. The molecule has 0 spiro atoms. The van der Waals surface area contributed by atoms with Crippen molar-refractivity contribution in [2.45, 2.75) is 11.3 Å². The van der Waals surface area contributed by atoms with Crippen LogP contribution in [0.25, 0.3) is 0 Å². The van der Waals surface area contributed by atoms with Crippen molar-refractivity contribution in [3.8, 4) is 0 Å². The van der Waals surface area contributed by atoms with E-state index >= 15 is 0 Å². The number of hydrogen-bond acceptors (Lipinski definition) is 5. The van der Waals surface area contributed by atoms with Crippen molar-refractivity contribution in [3.63, 3.8) is 0 Å². The van der Waals surface area contributed by atoms with Gasteiger partial charge in [-0.15, -0.1) is 0 Å². The van der Waals surface area contributed by atoms with Gasteiger partial charge in [-0.05, 0) is 6.26 Å². The van der Waals surface area contributed by atoms with Gasteiger partial charge in [0, 0.05) is 13.1 Å². The summed E-state index contributed by atoms with van der Waals surface area (Å²) in [5.41, 5.74) is 0. The number of halogens is 3. The lowest BCUT2D eigenvalue weighted by Crippen LogP contribution is -2.22. The van der Waals surface area contributed by atoms with Gasteiger partial charge in [0.25, 0.3) is 0 Å². The van der Waals surface area contributed by atoms with Gasteiger partial charge in [0.15, 0.2) is 5.16 Å². The highest BCUT2D eigenvalue weighted by molar-refractivity contribution is 7.98. The first kappa shape index (κ1) is 12.9. The molecule has 1 rings (SSSR count). The van der Waals surface area contributed by atoms with Crippen LogP contribution in [0.4, 0.5) is 24.8 Å². The van der Waals surface area contributed by atoms with E-state index in [9.17, 15) is 13.2 Å². The minimum Gasteiger partial charge on any atom is -0.373 e. The summed E-state index contributed by atoms with van der Waals surface area (Å²) in [7, 11) is 1.64. The molecule has 0 unspecified atom stereocenters. The molecule has 0 atom stereocenters. The van der Waals surface area contributed by atoms with Crippen LogP contribution in [-0.4, -0.2) is 36.0 Å². The normalized spacial score (nSPS) is 11.3. The zero-order valence-electron chi connectivity index (χ0n) is 8.72. The molecule has 0 saturated heterocycles. The topological polar surface area (TPSA) is 49.8 Å². The quantitative estimate of drug-likeness (QED) is 0.635. The molecule has 0 aromatic carbocycles. The maximum Gasteiger partial charge on any atom is 0.405 e. The summed E-state index contributed by atoms with van der Waals surface area (Å²) in [4.78, 5) is 7.94. The van der Waals surface area contributed by atoms with E-state index in [2.05, 4.69) is 20.6 Å². The van der Waals surface area contributed by atoms with Crippen LogP contribution >= 0.6 is 11.8 Å². The Kier molecular flexibility index (Phi) is 4.22. The molecule has 0 saturated carbocycles. The van der Waals surface area contributed by atoms with E-state index in [1.165, 1.54) is 17.8 Å². The van der Waals surface area contributed by atoms with Crippen LogP contribution in [0.3, 0.4) is 0 Å². The molecule has 90 valence electrons. The molecule has 2 N–H and O–H groups in total. The van der Waals surface area contributed by atoms with Gasteiger partial charge in [-0.25, -0.2) is 9.97 Å². The Morgan fingerprint density at radius 1 is 1.31 bits per heavy atom. The van der Waals surface area contributed by atoms with E-state index in [4.69, 9.17) is 0 Å². The van der Waals surface area contributed by atoms with Crippen molar-refractivity contribution in [1.29, 1.82) is 0 Å². The SMILES string of the molecule is CNc1cc(NCC(F)(F)F)nc(SC)n1. The van der Waals surface area contributed by atoms with Gasteiger partial charge in [-0.3, -0.25) is 0 Å². The Labute approximate surface area is 95.0 Å². The lowest BCUT2D eigenvalue weighted by molar-refractivity contribution is -0.115. The third kappa shape index (κ3) is 4.13. The number of rotatable bonds is 4. The van der Waals surface area contributed by atoms with E-state index in [-0.39, 0.29) is 5.82 Å². The van der Waals surface area contributed by atoms with Crippen molar-refractivity contribution in [3.05, 3.63) is 6.07 Å². The van der Waals surface area contributed by atoms with Crippen LogP contribution in [0.15, 0.2) is 11.2 Å². The first-order chi connectivity index (χ1) is 7.44. The van der Waals surface area contributed by atoms with E-state index in [0.717, 1.165) is 0 Å². The molecule has 0 bridgehead atoms. The van der Waals surface area contributed by atoms with Crippen LogP contribution in [0, 0.1) is 0 Å². The highest BCUT2D eigenvalue weighted by Gasteiger charge is 2.26. The average Bonchev–Trinajstić information content (AvgIpc) is 2.25. The van der Waals surface area contributed by atoms with Crippen LogP contribution in [0.2, 0.25) is 0 Å². The summed E-state index contributed by atoms with van der Waals surface area (Å²) in [6.07, 6.45) is -2.51. The molecule has 0 radical (unpaired) electrons. The third-order valence-electron chi connectivity index (χ3n) is 1.61. The fraction of sp³-hybridized carbons (Fsp3) is 0.500. The Morgan fingerprint density at radius 2 is 1.94 bits per heavy atom. The van der Waals surface area contributed by atoms with Crippen LogP contribution in [0.5, 0.6) is 0 Å². The zero-order chi connectivity index (χ0) is 12.2. The molecule has 0 aliphatic heterocycles. The minimum atomic E-state index is -4.26. The maximum atomic E-state index is 12.0. The first-order valence-corrected chi connectivity index (χ1v) is 5.58. The van der Waals surface area contributed by atoms with Gasteiger partial charge in [0.2, 0.25) is 0 Å².